The van der Waals surface area contributed by atoms with Gasteiger partial charge in [-0.1, -0.05) is 75.7 Å². The Morgan fingerprint density at radius 1 is 0.562 bits per heavy atom. The highest BCUT2D eigenvalue weighted by Gasteiger charge is 2.25. The molecule has 0 aromatic heterocycles. The first-order valence-electron chi connectivity index (χ1n) is 6.24. The molecule has 0 spiro atoms. The minimum Gasteiger partial charge on any atom is -0.0840 e. The second-order valence-electron chi connectivity index (χ2n) is 6.94. The lowest BCUT2D eigenvalue weighted by molar-refractivity contribution is 1.18. The lowest BCUT2D eigenvalue weighted by Gasteiger charge is -2.27. The third kappa shape index (κ3) is 3.91. The van der Waals surface area contributed by atoms with Crippen molar-refractivity contribution in [3.05, 3.63) is 36.5 Å². The maximum atomic E-state index is 2.47. The van der Waals surface area contributed by atoms with E-state index in [4.69, 9.17) is 0 Å². The van der Waals surface area contributed by atoms with Gasteiger partial charge in [-0.15, -0.1) is 0 Å². The van der Waals surface area contributed by atoms with Crippen molar-refractivity contribution in [2.24, 2.45) is 0 Å². The van der Waals surface area contributed by atoms with E-state index >= 15 is 0 Å². The molecule has 2 heteroatoms. The summed E-state index contributed by atoms with van der Waals surface area (Å²) in [5.41, 5.74) is 1.38. The normalized spacial score (nSPS) is 30.6. The van der Waals surface area contributed by atoms with E-state index in [2.05, 4.69) is 75.7 Å². The van der Waals surface area contributed by atoms with Crippen molar-refractivity contribution < 1.29 is 0 Å². The zero-order valence-corrected chi connectivity index (χ0v) is 13.6. The first-order valence-corrected chi connectivity index (χ1v) is 13.4. The Morgan fingerprint density at radius 3 is 1.12 bits per heavy atom. The molecule has 0 bridgehead atoms. The fourth-order valence-corrected chi connectivity index (χ4v) is 4.64. The van der Waals surface area contributed by atoms with Gasteiger partial charge in [-0.05, 0) is 11.1 Å². The number of hydrogen-bond acceptors (Lipinski definition) is 0. The molecule has 0 aromatic carbocycles. The minimum atomic E-state index is -1.09. The molecule has 0 fully saturated rings. The molecule has 0 aliphatic heterocycles. The van der Waals surface area contributed by atoms with Crippen LogP contribution in [0.4, 0.5) is 0 Å². The standard InChI is InChI=1S/C14H26Si2/c1-15(2,3)13-9-7-8-10-14(12-11-13)16(4,5)6/h7-14H,1-6H3/b9-7-,10-8-,12-11?. The molecule has 16 heavy (non-hydrogen) atoms. The molecule has 0 aromatic rings. The van der Waals surface area contributed by atoms with Crippen molar-refractivity contribution in [2.45, 2.75) is 50.4 Å². The molecule has 1 rings (SSSR count). The summed E-state index contributed by atoms with van der Waals surface area (Å²) >= 11 is 0. The van der Waals surface area contributed by atoms with Gasteiger partial charge in [-0.25, -0.2) is 0 Å². The van der Waals surface area contributed by atoms with Crippen LogP contribution in [0.15, 0.2) is 36.5 Å². The summed E-state index contributed by atoms with van der Waals surface area (Å²) in [4.78, 5) is 0. The molecule has 2 unspecified atom stereocenters. The predicted octanol–water partition coefficient (Wildman–Crippen LogP) is 5.09. The van der Waals surface area contributed by atoms with Gasteiger partial charge < -0.3 is 0 Å². The largest absolute Gasteiger partial charge is 0.0840 e. The van der Waals surface area contributed by atoms with Gasteiger partial charge in [0, 0.05) is 0 Å². The maximum absolute atomic E-state index is 2.47. The topological polar surface area (TPSA) is 0 Å². The van der Waals surface area contributed by atoms with Crippen molar-refractivity contribution in [1.82, 2.24) is 0 Å². The SMILES string of the molecule is C[Si](C)(C)C1C=CC([Si](C)(C)C)/C=C\C=C/1. The van der Waals surface area contributed by atoms with Crippen LogP contribution in [0.5, 0.6) is 0 Å². The van der Waals surface area contributed by atoms with E-state index in [9.17, 15) is 0 Å². The molecule has 0 heterocycles. The molecular formula is C14H26Si2. The van der Waals surface area contributed by atoms with Crippen molar-refractivity contribution in [3.8, 4) is 0 Å². The van der Waals surface area contributed by atoms with Crippen LogP contribution in [0.2, 0.25) is 50.4 Å². The molecule has 0 nitrogen and oxygen atoms in total. The Labute approximate surface area is 103 Å². The van der Waals surface area contributed by atoms with Crippen LogP contribution >= 0.6 is 0 Å². The quantitative estimate of drug-likeness (QED) is 0.473. The number of rotatable bonds is 2. The molecule has 0 N–H and O–H groups in total. The maximum Gasteiger partial charge on any atom is 0.0557 e. The van der Waals surface area contributed by atoms with Crippen LogP contribution in [-0.2, 0) is 0 Å². The molecule has 0 radical (unpaired) electrons. The summed E-state index contributed by atoms with van der Waals surface area (Å²) < 4.78 is 0. The van der Waals surface area contributed by atoms with Crippen molar-refractivity contribution in [1.29, 1.82) is 0 Å². The van der Waals surface area contributed by atoms with Crippen LogP contribution in [0, 0.1) is 0 Å². The zero-order chi connectivity index (χ0) is 12.4. The highest BCUT2D eigenvalue weighted by Crippen LogP contribution is 2.31. The van der Waals surface area contributed by atoms with Gasteiger partial charge in [0.2, 0.25) is 0 Å². The van der Waals surface area contributed by atoms with E-state index in [1.165, 1.54) is 0 Å². The third-order valence-electron chi connectivity index (χ3n) is 3.27. The van der Waals surface area contributed by atoms with Gasteiger partial charge in [-0.2, -0.15) is 0 Å². The van der Waals surface area contributed by atoms with Crippen LogP contribution in [0.3, 0.4) is 0 Å². The Morgan fingerprint density at radius 2 is 0.875 bits per heavy atom. The lowest BCUT2D eigenvalue weighted by Crippen LogP contribution is -2.28. The predicted molar refractivity (Wildman–Crippen MR) is 81.6 cm³/mol. The first-order chi connectivity index (χ1) is 7.21. The highest BCUT2D eigenvalue weighted by atomic mass is 28.3. The van der Waals surface area contributed by atoms with Gasteiger partial charge >= 0.3 is 0 Å². The molecule has 1 aliphatic rings. The summed E-state index contributed by atoms with van der Waals surface area (Å²) in [5, 5.41) is 0. The second-order valence-corrected chi connectivity index (χ2v) is 17.7. The molecule has 2 atom stereocenters. The fraction of sp³-hybridized carbons (Fsp3) is 0.571. The van der Waals surface area contributed by atoms with E-state index in [0.29, 0.717) is 11.1 Å². The van der Waals surface area contributed by atoms with Crippen LogP contribution in [-0.4, -0.2) is 16.1 Å². The van der Waals surface area contributed by atoms with E-state index in [1.807, 2.05) is 0 Å². The molecule has 0 saturated carbocycles. The van der Waals surface area contributed by atoms with E-state index < -0.39 is 16.1 Å². The molecular weight excluding hydrogens is 224 g/mol. The smallest absolute Gasteiger partial charge is 0.0557 e. The van der Waals surface area contributed by atoms with E-state index in [-0.39, 0.29) is 0 Å². The van der Waals surface area contributed by atoms with Crippen molar-refractivity contribution in [2.75, 3.05) is 0 Å². The molecule has 1 aliphatic carbocycles. The van der Waals surface area contributed by atoms with Crippen molar-refractivity contribution >= 4 is 16.1 Å². The fourth-order valence-electron chi connectivity index (χ4n) is 1.89. The van der Waals surface area contributed by atoms with E-state index in [0.717, 1.165) is 0 Å². The van der Waals surface area contributed by atoms with Crippen LogP contribution < -0.4 is 0 Å². The molecule has 0 amide bonds. The van der Waals surface area contributed by atoms with Crippen LogP contribution in [0.25, 0.3) is 0 Å². The first kappa shape index (κ1) is 13.7. The van der Waals surface area contributed by atoms with Crippen LogP contribution in [0.1, 0.15) is 0 Å². The van der Waals surface area contributed by atoms with Gasteiger partial charge in [0.05, 0.1) is 16.1 Å². The molecule has 0 saturated heterocycles. The zero-order valence-electron chi connectivity index (χ0n) is 11.6. The van der Waals surface area contributed by atoms with Gasteiger partial charge in [0.1, 0.15) is 0 Å². The average molecular weight is 251 g/mol. The second kappa shape index (κ2) is 4.88. The monoisotopic (exact) mass is 250 g/mol. The minimum absolute atomic E-state index is 0.691. The Kier molecular flexibility index (Phi) is 4.19. The third-order valence-corrected chi connectivity index (χ3v) is 8.04. The summed E-state index contributed by atoms with van der Waals surface area (Å²) in [6.45, 7) is 14.7. The van der Waals surface area contributed by atoms with Gasteiger partial charge in [0.15, 0.2) is 0 Å². The summed E-state index contributed by atoms with van der Waals surface area (Å²) in [5.74, 6) is 0. The highest BCUT2D eigenvalue weighted by molar-refractivity contribution is 6.79. The summed E-state index contributed by atoms with van der Waals surface area (Å²) in [7, 11) is -2.18. The summed E-state index contributed by atoms with van der Waals surface area (Å²) in [6, 6.07) is 0. The Hall–Kier alpha value is -0.346. The number of allylic oxidation sites excluding steroid dienone is 6. The average Bonchev–Trinajstić information content (AvgIpc) is 1.96. The lowest BCUT2D eigenvalue weighted by atomic mass is 10.2. The summed E-state index contributed by atoms with van der Waals surface area (Å²) in [6.07, 6.45) is 14.2. The van der Waals surface area contributed by atoms with Gasteiger partial charge in [-0.3, -0.25) is 0 Å². The van der Waals surface area contributed by atoms with E-state index in [1.54, 1.807) is 0 Å². The Bertz CT molecular complexity index is 279. The molecule has 90 valence electrons. The Balaban J connectivity index is 2.94. The number of hydrogen-bond donors (Lipinski definition) is 0. The van der Waals surface area contributed by atoms with Gasteiger partial charge in [0.25, 0.3) is 0 Å². The van der Waals surface area contributed by atoms with Crippen molar-refractivity contribution in [3.63, 3.8) is 0 Å².